The molecule has 0 radical (unpaired) electrons. The lowest BCUT2D eigenvalue weighted by atomic mass is 10.1. The van der Waals surface area contributed by atoms with Crippen LogP contribution in [0, 0.1) is 6.92 Å². The van der Waals surface area contributed by atoms with Gasteiger partial charge in [0.05, 0.1) is 11.1 Å². The number of aryl methyl sites for hydroxylation is 1. The fourth-order valence-corrected chi connectivity index (χ4v) is 3.53. The van der Waals surface area contributed by atoms with Crippen LogP contribution in [-0.2, 0) is 10.0 Å². The minimum absolute atomic E-state index is 0.0629. The van der Waals surface area contributed by atoms with E-state index in [9.17, 15) is 8.42 Å². The van der Waals surface area contributed by atoms with E-state index >= 15 is 0 Å². The Kier molecular flexibility index (Phi) is 3.87. The molecule has 0 aliphatic carbocycles. The standard InChI is InChI=1S/C16H14ClN3O2S/c1-11-2-8-14(9-3-11)23(21,22)20-16(18)15(10-19-20)12-4-6-13(17)7-5-12/h2-10H,18H2,1H3. The number of hydrogen-bond donors (Lipinski definition) is 1. The zero-order valence-electron chi connectivity index (χ0n) is 12.3. The van der Waals surface area contributed by atoms with Gasteiger partial charge in [0.1, 0.15) is 5.82 Å². The second-order valence-corrected chi connectivity index (χ2v) is 7.32. The van der Waals surface area contributed by atoms with Crippen molar-refractivity contribution < 1.29 is 8.42 Å². The molecule has 2 aromatic carbocycles. The third kappa shape index (κ3) is 2.83. The molecule has 7 heteroatoms. The Labute approximate surface area is 139 Å². The number of nitrogens with two attached hydrogens (primary N) is 1. The third-order valence-corrected chi connectivity index (χ3v) is 5.34. The molecule has 2 N–H and O–H groups in total. The number of benzene rings is 2. The Balaban J connectivity index is 2.08. The number of halogens is 1. The SMILES string of the molecule is Cc1ccc(S(=O)(=O)n2ncc(-c3ccc(Cl)cc3)c2N)cc1. The van der Waals surface area contributed by atoms with E-state index in [2.05, 4.69) is 5.10 Å². The first-order chi connectivity index (χ1) is 10.9. The van der Waals surface area contributed by atoms with Crippen molar-refractivity contribution in [3.05, 3.63) is 65.3 Å². The molecule has 0 aliphatic heterocycles. The van der Waals surface area contributed by atoms with Crippen molar-refractivity contribution in [1.82, 2.24) is 9.19 Å². The summed E-state index contributed by atoms with van der Waals surface area (Å²) >= 11 is 5.86. The van der Waals surface area contributed by atoms with Gasteiger partial charge in [-0.2, -0.15) is 13.5 Å². The van der Waals surface area contributed by atoms with Gasteiger partial charge in [-0.1, -0.05) is 41.4 Å². The molecule has 3 aromatic rings. The van der Waals surface area contributed by atoms with Crippen LogP contribution < -0.4 is 5.73 Å². The molecule has 3 rings (SSSR count). The number of nitrogens with zero attached hydrogens (tertiary/aromatic N) is 2. The molecule has 0 unspecified atom stereocenters. The number of rotatable bonds is 3. The monoisotopic (exact) mass is 347 g/mol. The smallest absolute Gasteiger partial charge is 0.284 e. The minimum atomic E-state index is -3.83. The second-order valence-electron chi connectivity index (χ2n) is 5.11. The average molecular weight is 348 g/mol. The van der Waals surface area contributed by atoms with Gasteiger partial charge in [-0.25, -0.2) is 0 Å². The lowest BCUT2D eigenvalue weighted by Gasteiger charge is -2.07. The fraction of sp³-hybridized carbons (Fsp3) is 0.0625. The van der Waals surface area contributed by atoms with E-state index in [4.69, 9.17) is 17.3 Å². The van der Waals surface area contributed by atoms with Crippen molar-refractivity contribution in [2.75, 3.05) is 5.73 Å². The molecule has 0 spiro atoms. The summed E-state index contributed by atoms with van der Waals surface area (Å²) in [6, 6.07) is 13.5. The molecule has 1 heterocycles. The maximum Gasteiger partial charge on any atom is 0.284 e. The van der Waals surface area contributed by atoms with Crippen LogP contribution in [0.2, 0.25) is 5.02 Å². The molecule has 0 aliphatic rings. The van der Waals surface area contributed by atoms with Crippen LogP contribution in [0.5, 0.6) is 0 Å². The molecule has 0 amide bonds. The van der Waals surface area contributed by atoms with Gasteiger partial charge in [-0.05, 0) is 36.8 Å². The topological polar surface area (TPSA) is 78.0 Å². The molecular formula is C16H14ClN3O2S. The van der Waals surface area contributed by atoms with Crippen LogP contribution in [0.3, 0.4) is 0 Å². The highest BCUT2D eigenvalue weighted by atomic mass is 35.5. The largest absolute Gasteiger partial charge is 0.382 e. The molecule has 0 bridgehead atoms. The van der Waals surface area contributed by atoms with E-state index in [1.165, 1.54) is 18.3 Å². The lowest BCUT2D eigenvalue weighted by molar-refractivity contribution is 0.581. The van der Waals surface area contributed by atoms with Crippen LogP contribution in [0.25, 0.3) is 11.1 Å². The summed E-state index contributed by atoms with van der Waals surface area (Å²) in [5, 5.41) is 4.55. The predicted molar refractivity (Wildman–Crippen MR) is 90.8 cm³/mol. The molecule has 0 saturated carbocycles. The first-order valence-electron chi connectivity index (χ1n) is 6.81. The Morgan fingerprint density at radius 1 is 1.04 bits per heavy atom. The predicted octanol–water partition coefficient (Wildman–Crippen LogP) is 3.33. The summed E-state index contributed by atoms with van der Waals surface area (Å²) in [6.07, 6.45) is 1.43. The number of aromatic nitrogens is 2. The molecular weight excluding hydrogens is 334 g/mol. The van der Waals surface area contributed by atoms with Crippen LogP contribution in [-0.4, -0.2) is 17.6 Å². The van der Waals surface area contributed by atoms with Gasteiger partial charge in [-0.15, -0.1) is 4.09 Å². The van der Waals surface area contributed by atoms with E-state index in [1.807, 2.05) is 6.92 Å². The molecule has 118 valence electrons. The lowest BCUT2D eigenvalue weighted by Crippen LogP contribution is -2.16. The van der Waals surface area contributed by atoms with E-state index in [-0.39, 0.29) is 10.7 Å². The normalized spacial score (nSPS) is 11.6. The Bertz CT molecular complexity index is 946. The van der Waals surface area contributed by atoms with Crippen molar-refractivity contribution in [3.63, 3.8) is 0 Å². The molecule has 0 atom stereocenters. The fourth-order valence-electron chi connectivity index (χ4n) is 2.20. The molecule has 1 aromatic heterocycles. The maximum atomic E-state index is 12.7. The van der Waals surface area contributed by atoms with Crippen molar-refractivity contribution in [1.29, 1.82) is 0 Å². The zero-order valence-corrected chi connectivity index (χ0v) is 13.8. The highest BCUT2D eigenvalue weighted by Gasteiger charge is 2.22. The van der Waals surface area contributed by atoms with Gasteiger partial charge in [0.2, 0.25) is 0 Å². The second kappa shape index (κ2) is 5.72. The van der Waals surface area contributed by atoms with Gasteiger partial charge in [-0.3, -0.25) is 0 Å². The van der Waals surface area contributed by atoms with E-state index in [1.54, 1.807) is 36.4 Å². The Morgan fingerprint density at radius 2 is 1.65 bits per heavy atom. The van der Waals surface area contributed by atoms with Crippen molar-refractivity contribution in [2.24, 2.45) is 0 Å². The van der Waals surface area contributed by atoms with Crippen molar-refractivity contribution >= 4 is 27.4 Å². The Hall–Kier alpha value is -2.31. The molecule has 0 saturated heterocycles. The highest BCUT2D eigenvalue weighted by molar-refractivity contribution is 7.90. The van der Waals surface area contributed by atoms with Crippen molar-refractivity contribution in [2.45, 2.75) is 11.8 Å². The highest BCUT2D eigenvalue weighted by Crippen LogP contribution is 2.29. The molecule has 23 heavy (non-hydrogen) atoms. The average Bonchev–Trinajstić information content (AvgIpc) is 2.91. The van der Waals surface area contributed by atoms with Gasteiger partial charge in [0, 0.05) is 10.6 Å². The van der Waals surface area contributed by atoms with Crippen LogP contribution >= 0.6 is 11.6 Å². The summed E-state index contributed by atoms with van der Waals surface area (Å²) in [5.41, 5.74) is 8.27. The summed E-state index contributed by atoms with van der Waals surface area (Å²) in [6.45, 7) is 1.89. The minimum Gasteiger partial charge on any atom is -0.382 e. The maximum absolute atomic E-state index is 12.7. The first kappa shape index (κ1) is 15.6. The third-order valence-electron chi connectivity index (χ3n) is 3.48. The molecule has 5 nitrogen and oxygen atoms in total. The van der Waals surface area contributed by atoms with Crippen LogP contribution in [0.1, 0.15) is 5.56 Å². The summed E-state index contributed by atoms with van der Waals surface area (Å²) in [7, 11) is -3.83. The quantitative estimate of drug-likeness (QED) is 0.788. The number of hydrogen-bond acceptors (Lipinski definition) is 4. The number of nitrogen functional groups attached to an aromatic ring is 1. The van der Waals surface area contributed by atoms with Gasteiger partial charge >= 0.3 is 0 Å². The van der Waals surface area contributed by atoms with Crippen LogP contribution in [0.4, 0.5) is 5.82 Å². The van der Waals surface area contributed by atoms with E-state index < -0.39 is 10.0 Å². The van der Waals surface area contributed by atoms with E-state index in [0.717, 1.165) is 15.2 Å². The van der Waals surface area contributed by atoms with E-state index in [0.29, 0.717) is 10.6 Å². The van der Waals surface area contributed by atoms with Crippen molar-refractivity contribution in [3.8, 4) is 11.1 Å². The van der Waals surface area contributed by atoms with Gasteiger partial charge in [0.15, 0.2) is 0 Å². The summed E-state index contributed by atoms with van der Waals surface area (Å²) in [5.74, 6) is 0.0629. The van der Waals surface area contributed by atoms with Crippen LogP contribution in [0.15, 0.2) is 59.6 Å². The summed E-state index contributed by atoms with van der Waals surface area (Å²) < 4.78 is 26.2. The van der Waals surface area contributed by atoms with Gasteiger partial charge < -0.3 is 5.73 Å². The first-order valence-corrected chi connectivity index (χ1v) is 8.63. The van der Waals surface area contributed by atoms with Gasteiger partial charge in [0.25, 0.3) is 10.0 Å². The zero-order chi connectivity index (χ0) is 16.6. The molecule has 0 fully saturated rings. The summed E-state index contributed by atoms with van der Waals surface area (Å²) in [4.78, 5) is 0.139. The Morgan fingerprint density at radius 3 is 2.26 bits per heavy atom. The number of anilines is 1.